The molecule has 0 aliphatic carbocycles. The van der Waals surface area contributed by atoms with E-state index in [0.29, 0.717) is 0 Å². The molecule has 0 amide bonds. The van der Waals surface area contributed by atoms with Gasteiger partial charge in [-0.05, 0) is 124 Å². The Morgan fingerprint density at radius 3 is 1.24 bits per heavy atom. The van der Waals surface area contributed by atoms with E-state index in [9.17, 15) is 0 Å². The van der Waals surface area contributed by atoms with Crippen molar-refractivity contribution in [2.24, 2.45) is 0 Å². The predicted molar refractivity (Wildman–Crippen MR) is 284 cm³/mol. The van der Waals surface area contributed by atoms with Crippen LogP contribution in [0.25, 0.3) is 71.6 Å². The summed E-state index contributed by atoms with van der Waals surface area (Å²) in [4.78, 5) is 4.79. The number of hydrogen-bond acceptors (Lipinski definition) is 2. The molecule has 0 bridgehead atoms. The molecule has 0 radical (unpaired) electrons. The maximum Gasteiger partial charge on any atom is 0.0547 e. The smallest absolute Gasteiger partial charge is 0.0547 e. The van der Waals surface area contributed by atoms with E-state index in [-0.39, 0.29) is 0 Å². The lowest BCUT2D eigenvalue weighted by atomic mass is 9.99. The Balaban J connectivity index is 1.12. The molecule has 0 aliphatic heterocycles. The van der Waals surface area contributed by atoms with Gasteiger partial charge in [0, 0.05) is 50.3 Å². The molecule has 1 aromatic heterocycles. The van der Waals surface area contributed by atoms with Crippen LogP contribution in [0.15, 0.2) is 273 Å². The number of anilines is 6. The highest BCUT2D eigenvalue weighted by atomic mass is 15.2. The SMILES string of the molecule is c1ccc(-c2cccc(N(c3ccccc3)c3cc(-c4ccc5c6ccccc6n(-c6cccc7ccccc67)c5c4)cc(N(c4ccccc4)c4cccc(-c5ccccc5)c4)c3)c2)cc1. The van der Waals surface area contributed by atoms with Gasteiger partial charge in [-0.2, -0.15) is 0 Å². The molecular formula is C64H45N3. The van der Waals surface area contributed by atoms with E-state index in [2.05, 4.69) is 287 Å². The van der Waals surface area contributed by atoms with Crippen LogP contribution >= 0.6 is 0 Å². The van der Waals surface area contributed by atoms with Gasteiger partial charge in [0.2, 0.25) is 0 Å². The van der Waals surface area contributed by atoms with E-state index >= 15 is 0 Å². The molecule has 0 unspecified atom stereocenters. The van der Waals surface area contributed by atoms with Crippen molar-refractivity contribution in [1.29, 1.82) is 0 Å². The van der Waals surface area contributed by atoms with Gasteiger partial charge in [0.25, 0.3) is 0 Å². The van der Waals surface area contributed by atoms with Crippen molar-refractivity contribution in [3.63, 3.8) is 0 Å². The van der Waals surface area contributed by atoms with Gasteiger partial charge >= 0.3 is 0 Å². The van der Waals surface area contributed by atoms with Crippen molar-refractivity contribution in [3.05, 3.63) is 273 Å². The van der Waals surface area contributed by atoms with Crippen LogP contribution in [0.5, 0.6) is 0 Å². The third-order valence-corrected chi connectivity index (χ3v) is 12.9. The number of fused-ring (bicyclic) bond motifs is 4. The van der Waals surface area contributed by atoms with Crippen LogP contribution in [0.2, 0.25) is 0 Å². The Bertz CT molecular complexity index is 3540. The van der Waals surface area contributed by atoms with Gasteiger partial charge in [0.1, 0.15) is 0 Å². The molecule has 67 heavy (non-hydrogen) atoms. The summed E-state index contributed by atoms with van der Waals surface area (Å²) >= 11 is 0. The summed E-state index contributed by atoms with van der Waals surface area (Å²) in [6.07, 6.45) is 0. The van der Waals surface area contributed by atoms with Gasteiger partial charge in [0.15, 0.2) is 0 Å². The van der Waals surface area contributed by atoms with E-state index in [4.69, 9.17) is 0 Å². The fraction of sp³-hybridized carbons (Fsp3) is 0. The Hall–Kier alpha value is -8.92. The third kappa shape index (κ3) is 7.49. The molecule has 3 heteroatoms. The molecule has 3 nitrogen and oxygen atoms in total. The van der Waals surface area contributed by atoms with E-state index < -0.39 is 0 Å². The van der Waals surface area contributed by atoms with Crippen LogP contribution in [-0.4, -0.2) is 4.57 Å². The summed E-state index contributed by atoms with van der Waals surface area (Å²) in [6.45, 7) is 0. The topological polar surface area (TPSA) is 11.4 Å². The van der Waals surface area contributed by atoms with Gasteiger partial charge in [-0.1, -0.05) is 188 Å². The molecule has 316 valence electrons. The minimum atomic E-state index is 1.04. The summed E-state index contributed by atoms with van der Waals surface area (Å²) in [6, 6.07) is 98.8. The van der Waals surface area contributed by atoms with Crippen molar-refractivity contribution in [2.75, 3.05) is 9.80 Å². The first-order chi connectivity index (χ1) is 33.2. The second-order valence-corrected chi connectivity index (χ2v) is 17.0. The van der Waals surface area contributed by atoms with Crippen LogP contribution in [0.3, 0.4) is 0 Å². The fourth-order valence-electron chi connectivity index (χ4n) is 9.79. The van der Waals surface area contributed by atoms with Crippen molar-refractivity contribution in [1.82, 2.24) is 4.57 Å². The maximum absolute atomic E-state index is 2.46. The van der Waals surface area contributed by atoms with Crippen LogP contribution in [0.1, 0.15) is 0 Å². The first kappa shape index (κ1) is 39.7. The highest BCUT2D eigenvalue weighted by molar-refractivity contribution is 6.11. The quantitative estimate of drug-likeness (QED) is 0.136. The molecule has 0 fully saturated rings. The Kier molecular flexibility index (Phi) is 10.2. The minimum absolute atomic E-state index is 1.04. The molecule has 12 rings (SSSR count). The number of rotatable bonds is 10. The van der Waals surface area contributed by atoms with Crippen LogP contribution in [0.4, 0.5) is 34.1 Å². The highest BCUT2D eigenvalue weighted by Gasteiger charge is 2.22. The Labute approximate surface area is 391 Å². The van der Waals surface area contributed by atoms with Crippen LogP contribution < -0.4 is 9.80 Å². The van der Waals surface area contributed by atoms with Crippen molar-refractivity contribution >= 4 is 66.7 Å². The average molecular weight is 856 g/mol. The number of nitrogens with zero attached hydrogens (tertiary/aromatic N) is 3. The monoisotopic (exact) mass is 855 g/mol. The van der Waals surface area contributed by atoms with E-state index in [1.807, 2.05) is 0 Å². The molecule has 0 N–H and O–H groups in total. The van der Waals surface area contributed by atoms with Gasteiger partial charge < -0.3 is 14.4 Å². The zero-order chi connectivity index (χ0) is 44.5. The zero-order valence-corrected chi connectivity index (χ0v) is 36.8. The summed E-state index contributed by atoms with van der Waals surface area (Å²) in [7, 11) is 0. The normalized spacial score (nSPS) is 11.3. The van der Waals surface area contributed by atoms with Gasteiger partial charge in [0.05, 0.1) is 16.7 Å². The molecule has 0 saturated heterocycles. The van der Waals surface area contributed by atoms with Crippen LogP contribution in [-0.2, 0) is 0 Å². The highest BCUT2D eigenvalue weighted by Crippen LogP contribution is 2.45. The molecule has 0 aliphatic rings. The van der Waals surface area contributed by atoms with E-state index in [0.717, 1.165) is 67.6 Å². The summed E-state index contributed by atoms with van der Waals surface area (Å²) < 4.78 is 2.46. The molecule has 11 aromatic carbocycles. The van der Waals surface area contributed by atoms with Crippen molar-refractivity contribution in [3.8, 4) is 39.1 Å². The van der Waals surface area contributed by atoms with Gasteiger partial charge in [-0.25, -0.2) is 0 Å². The first-order valence-electron chi connectivity index (χ1n) is 22.9. The van der Waals surface area contributed by atoms with Crippen molar-refractivity contribution in [2.45, 2.75) is 0 Å². The largest absolute Gasteiger partial charge is 0.310 e. The number of hydrogen-bond donors (Lipinski definition) is 0. The molecule has 0 saturated carbocycles. The van der Waals surface area contributed by atoms with Crippen LogP contribution in [0, 0.1) is 0 Å². The second kappa shape index (κ2) is 17.2. The number of benzene rings is 11. The van der Waals surface area contributed by atoms with Crippen molar-refractivity contribution < 1.29 is 0 Å². The Morgan fingerprint density at radius 2 is 0.642 bits per heavy atom. The number of aromatic nitrogens is 1. The average Bonchev–Trinajstić information content (AvgIpc) is 3.73. The molecular weight excluding hydrogens is 811 g/mol. The van der Waals surface area contributed by atoms with E-state index in [1.165, 1.54) is 38.2 Å². The van der Waals surface area contributed by atoms with Gasteiger partial charge in [-0.3, -0.25) is 0 Å². The molecule has 0 spiro atoms. The summed E-state index contributed by atoms with van der Waals surface area (Å²) in [5, 5.41) is 4.88. The lowest BCUT2D eigenvalue weighted by molar-refractivity contribution is 1.20. The first-order valence-corrected chi connectivity index (χ1v) is 22.9. The number of para-hydroxylation sites is 3. The second-order valence-electron chi connectivity index (χ2n) is 17.0. The van der Waals surface area contributed by atoms with Gasteiger partial charge in [-0.15, -0.1) is 0 Å². The third-order valence-electron chi connectivity index (χ3n) is 12.9. The minimum Gasteiger partial charge on any atom is -0.310 e. The Morgan fingerprint density at radius 1 is 0.224 bits per heavy atom. The molecule has 12 aromatic rings. The zero-order valence-electron chi connectivity index (χ0n) is 36.8. The predicted octanol–water partition coefficient (Wildman–Crippen LogP) is 17.9. The molecule has 1 heterocycles. The summed E-state index contributed by atoms with van der Waals surface area (Å²) in [5.41, 5.74) is 16.8. The lowest BCUT2D eigenvalue weighted by Gasteiger charge is -2.30. The molecule has 0 atom stereocenters. The lowest BCUT2D eigenvalue weighted by Crippen LogP contribution is -2.13. The van der Waals surface area contributed by atoms with E-state index in [1.54, 1.807) is 0 Å². The summed E-state index contributed by atoms with van der Waals surface area (Å²) in [5.74, 6) is 0. The fourth-order valence-corrected chi connectivity index (χ4v) is 9.79. The maximum atomic E-state index is 2.46. The standard InChI is InChI=1S/C64H45N3/c1-5-20-46(21-6-1)49-26-17-32-55(40-49)65(53-28-9-3-10-29-53)57-42-52(43-58(45-57)66(54-30-11-4-12-31-54)56-33-18-27-50(41-56)47-22-7-2-8-23-47)51-38-39-61-60-35-15-16-36-63(60)67(64(61)44-51)62-37-19-25-48-24-13-14-34-59(48)62/h1-45H.